The van der Waals surface area contributed by atoms with Crippen molar-refractivity contribution in [2.24, 2.45) is 0 Å². The third kappa shape index (κ3) is 3.00. The van der Waals surface area contributed by atoms with E-state index in [2.05, 4.69) is 0 Å². The number of nitrogens with two attached hydrogens (primary N) is 1. The molecule has 1 unspecified atom stereocenters. The number of benzene rings is 1. The zero-order chi connectivity index (χ0) is 13.1. The van der Waals surface area contributed by atoms with Crippen LogP contribution in [0.4, 0.5) is 11.4 Å². The highest BCUT2D eigenvalue weighted by Gasteiger charge is 2.23. The van der Waals surface area contributed by atoms with Crippen LogP contribution in [0, 0.1) is 0 Å². The summed E-state index contributed by atoms with van der Waals surface area (Å²) in [6.07, 6.45) is 0.457. The highest BCUT2D eigenvalue weighted by atomic mass is 16.3. The Bertz CT molecular complexity index is 419. The van der Waals surface area contributed by atoms with Gasteiger partial charge in [-0.15, -0.1) is 0 Å². The van der Waals surface area contributed by atoms with Gasteiger partial charge >= 0.3 is 0 Å². The highest BCUT2D eigenvalue weighted by molar-refractivity contribution is 5.94. The molecule has 1 fully saturated rings. The van der Waals surface area contributed by atoms with Gasteiger partial charge in [-0.05, 0) is 30.7 Å². The molecule has 1 saturated heterocycles. The number of amides is 1. The molecule has 5 nitrogen and oxygen atoms in total. The lowest BCUT2D eigenvalue weighted by Gasteiger charge is -2.21. The van der Waals surface area contributed by atoms with Crippen molar-refractivity contribution in [2.75, 3.05) is 37.3 Å². The van der Waals surface area contributed by atoms with Gasteiger partial charge in [0.1, 0.15) is 0 Å². The molecule has 0 aromatic heterocycles. The zero-order valence-electron chi connectivity index (χ0n) is 10.5. The first kappa shape index (κ1) is 12.9. The molecule has 0 spiro atoms. The summed E-state index contributed by atoms with van der Waals surface area (Å²) in [7, 11) is 1.75. The van der Waals surface area contributed by atoms with E-state index in [-0.39, 0.29) is 12.0 Å². The lowest BCUT2D eigenvalue weighted by atomic mass is 10.2. The number of aliphatic hydroxyl groups is 1. The van der Waals surface area contributed by atoms with Gasteiger partial charge in [0.05, 0.1) is 12.6 Å². The number of likely N-dealkylation sites (tertiary alicyclic amines) is 1. The van der Waals surface area contributed by atoms with Gasteiger partial charge in [0, 0.05) is 31.5 Å². The molecule has 1 heterocycles. The summed E-state index contributed by atoms with van der Waals surface area (Å²) in [5.74, 6) is 0.0221. The molecule has 1 atom stereocenters. The molecule has 1 aromatic rings. The van der Waals surface area contributed by atoms with Gasteiger partial charge in [0.15, 0.2) is 0 Å². The molecular weight excluding hydrogens is 230 g/mol. The van der Waals surface area contributed by atoms with Crippen LogP contribution in [0.1, 0.15) is 6.42 Å². The van der Waals surface area contributed by atoms with Gasteiger partial charge < -0.3 is 15.7 Å². The number of aliphatic hydroxyl groups excluding tert-OH is 1. The van der Waals surface area contributed by atoms with Crippen LogP contribution < -0.4 is 10.6 Å². The SMILES string of the molecule is CN(C(=O)CN1CCC(O)C1)c1ccc(N)cc1. The standard InChI is InChI=1S/C13H19N3O2/c1-15(11-4-2-10(14)3-5-11)13(18)9-16-7-6-12(17)8-16/h2-5,12,17H,6-9,14H2,1H3. The van der Waals surface area contributed by atoms with Crippen molar-refractivity contribution in [3.05, 3.63) is 24.3 Å². The van der Waals surface area contributed by atoms with E-state index in [1.54, 1.807) is 24.1 Å². The summed E-state index contributed by atoms with van der Waals surface area (Å²) in [6.45, 7) is 1.71. The fraction of sp³-hybridized carbons (Fsp3) is 0.462. The van der Waals surface area contributed by atoms with Crippen molar-refractivity contribution < 1.29 is 9.90 Å². The molecule has 0 aliphatic carbocycles. The van der Waals surface area contributed by atoms with E-state index in [0.717, 1.165) is 18.7 Å². The lowest BCUT2D eigenvalue weighted by molar-refractivity contribution is -0.119. The Morgan fingerprint density at radius 2 is 2.17 bits per heavy atom. The molecule has 18 heavy (non-hydrogen) atoms. The van der Waals surface area contributed by atoms with Crippen molar-refractivity contribution >= 4 is 17.3 Å². The third-order valence-corrected chi connectivity index (χ3v) is 3.26. The first-order valence-electron chi connectivity index (χ1n) is 6.09. The first-order valence-corrected chi connectivity index (χ1v) is 6.09. The van der Waals surface area contributed by atoms with Gasteiger partial charge in [0.2, 0.25) is 5.91 Å². The topological polar surface area (TPSA) is 69.8 Å². The van der Waals surface area contributed by atoms with E-state index in [1.807, 2.05) is 17.0 Å². The van der Waals surface area contributed by atoms with E-state index < -0.39 is 0 Å². The fourth-order valence-corrected chi connectivity index (χ4v) is 2.10. The number of hydrogen-bond donors (Lipinski definition) is 2. The van der Waals surface area contributed by atoms with Crippen molar-refractivity contribution in [2.45, 2.75) is 12.5 Å². The maximum Gasteiger partial charge on any atom is 0.240 e. The number of nitrogens with zero attached hydrogens (tertiary/aromatic N) is 2. The van der Waals surface area contributed by atoms with Crippen LogP contribution in [0.15, 0.2) is 24.3 Å². The van der Waals surface area contributed by atoms with Gasteiger partial charge in [-0.3, -0.25) is 9.69 Å². The Morgan fingerprint density at radius 3 is 2.72 bits per heavy atom. The van der Waals surface area contributed by atoms with E-state index in [4.69, 9.17) is 5.73 Å². The minimum atomic E-state index is -0.292. The van der Waals surface area contributed by atoms with Gasteiger partial charge in [-0.1, -0.05) is 0 Å². The summed E-state index contributed by atoms with van der Waals surface area (Å²) in [4.78, 5) is 15.7. The van der Waals surface area contributed by atoms with Gasteiger partial charge in [-0.25, -0.2) is 0 Å². The maximum absolute atomic E-state index is 12.1. The fourth-order valence-electron chi connectivity index (χ4n) is 2.10. The molecule has 1 aromatic carbocycles. The molecule has 1 amide bonds. The Balaban J connectivity index is 1.94. The zero-order valence-corrected chi connectivity index (χ0v) is 10.5. The molecule has 1 aliphatic heterocycles. The van der Waals surface area contributed by atoms with E-state index in [9.17, 15) is 9.90 Å². The second-order valence-electron chi connectivity index (χ2n) is 4.72. The van der Waals surface area contributed by atoms with E-state index >= 15 is 0 Å². The van der Waals surface area contributed by atoms with Crippen molar-refractivity contribution in [3.8, 4) is 0 Å². The smallest absolute Gasteiger partial charge is 0.240 e. The molecule has 5 heteroatoms. The summed E-state index contributed by atoms with van der Waals surface area (Å²) < 4.78 is 0. The van der Waals surface area contributed by atoms with Gasteiger partial charge in [0.25, 0.3) is 0 Å². The molecule has 0 bridgehead atoms. The Hall–Kier alpha value is -1.59. The lowest BCUT2D eigenvalue weighted by Crippen LogP contribution is -2.37. The molecule has 1 aliphatic rings. The molecule has 0 radical (unpaired) electrons. The van der Waals surface area contributed by atoms with Crippen molar-refractivity contribution in [3.63, 3.8) is 0 Å². The van der Waals surface area contributed by atoms with Crippen LogP contribution in [-0.4, -0.2) is 48.7 Å². The summed E-state index contributed by atoms with van der Waals surface area (Å²) in [5, 5.41) is 9.42. The first-order chi connectivity index (χ1) is 8.56. The Labute approximate surface area is 107 Å². The molecule has 2 rings (SSSR count). The number of carbonyl (C=O) groups excluding carboxylic acids is 1. The molecule has 3 N–H and O–H groups in total. The quantitative estimate of drug-likeness (QED) is 0.756. The number of rotatable bonds is 3. The number of anilines is 2. The number of β-amino-alcohol motifs (C(OH)–C–C–N with tert-alkyl or cyclic N) is 1. The van der Waals surface area contributed by atoms with Crippen molar-refractivity contribution in [1.82, 2.24) is 4.90 Å². The third-order valence-electron chi connectivity index (χ3n) is 3.26. The number of likely N-dealkylation sites (N-methyl/N-ethyl adjacent to an activating group) is 1. The monoisotopic (exact) mass is 249 g/mol. The average molecular weight is 249 g/mol. The Kier molecular flexibility index (Phi) is 3.84. The van der Waals surface area contributed by atoms with Crippen molar-refractivity contribution in [1.29, 1.82) is 0 Å². The largest absolute Gasteiger partial charge is 0.399 e. The second kappa shape index (κ2) is 5.37. The van der Waals surface area contributed by atoms with Crippen LogP contribution in [0.2, 0.25) is 0 Å². The van der Waals surface area contributed by atoms with E-state index in [0.29, 0.717) is 18.8 Å². The summed E-state index contributed by atoms with van der Waals surface area (Å²) in [6, 6.07) is 7.20. The van der Waals surface area contributed by atoms with Crippen LogP contribution in [0.5, 0.6) is 0 Å². The predicted octanol–water partition coefficient (Wildman–Crippen LogP) is 0.298. The highest BCUT2D eigenvalue weighted by Crippen LogP contribution is 2.16. The van der Waals surface area contributed by atoms with Crippen LogP contribution in [0.25, 0.3) is 0 Å². The van der Waals surface area contributed by atoms with Crippen LogP contribution in [0.3, 0.4) is 0 Å². The average Bonchev–Trinajstić information content (AvgIpc) is 2.75. The number of carbonyl (C=O) groups is 1. The van der Waals surface area contributed by atoms with E-state index in [1.165, 1.54) is 0 Å². The summed E-state index contributed by atoms with van der Waals surface area (Å²) >= 11 is 0. The summed E-state index contributed by atoms with van der Waals surface area (Å²) in [5.41, 5.74) is 7.12. The molecule has 0 saturated carbocycles. The molecule has 98 valence electrons. The minimum Gasteiger partial charge on any atom is -0.399 e. The predicted molar refractivity (Wildman–Crippen MR) is 71.3 cm³/mol. The Morgan fingerprint density at radius 1 is 1.50 bits per heavy atom. The van der Waals surface area contributed by atoms with Crippen LogP contribution >= 0.6 is 0 Å². The maximum atomic E-state index is 12.1. The normalized spacial score (nSPS) is 20.0. The van der Waals surface area contributed by atoms with Crippen LogP contribution in [-0.2, 0) is 4.79 Å². The molecular formula is C13H19N3O2. The number of hydrogen-bond acceptors (Lipinski definition) is 4. The second-order valence-corrected chi connectivity index (χ2v) is 4.72. The minimum absolute atomic E-state index is 0.0221. The van der Waals surface area contributed by atoms with Gasteiger partial charge in [-0.2, -0.15) is 0 Å². The number of nitrogen functional groups attached to an aromatic ring is 1.